The zero-order valence-corrected chi connectivity index (χ0v) is 6.50. The first-order chi connectivity index (χ1) is 5.04. The molecule has 0 bridgehead atoms. The number of Topliss-reactive ketones (excluding diaryl/α,β-unsaturated/α-hetero) is 1. The first-order valence-corrected chi connectivity index (χ1v) is 3.53. The van der Waals surface area contributed by atoms with Crippen LogP contribution in [-0.4, -0.2) is 58.5 Å². The molecule has 0 spiro atoms. The molecule has 2 N–H and O–H groups in total. The van der Waals surface area contributed by atoms with Crippen LogP contribution in [0.3, 0.4) is 0 Å². The first-order valence-electron chi connectivity index (χ1n) is 3.53. The van der Waals surface area contributed by atoms with E-state index in [9.17, 15) is 14.7 Å². The Labute approximate surface area is 93.0 Å². The summed E-state index contributed by atoms with van der Waals surface area (Å²) >= 11 is 0. The molecule has 1 aliphatic heterocycles. The van der Waals surface area contributed by atoms with Crippen molar-refractivity contribution in [3.63, 3.8) is 0 Å². The van der Waals surface area contributed by atoms with Gasteiger partial charge in [0.15, 0.2) is 0 Å². The maximum atomic E-state index is 10.9. The van der Waals surface area contributed by atoms with Crippen molar-refractivity contribution < 1.29 is 14.7 Å². The molecule has 1 rings (SSSR count). The molecule has 64 valence electrons. The van der Waals surface area contributed by atoms with Crippen molar-refractivity contribution in [1.82, 2.24) is 5.32 Å². The molecule has 4 nitrogen and oxygen atoms in total. The Hall–Kier alpha value is 0.1000. The Morgan fingerprint density at radius 3 is 2.25 bits per heavy atom. The van der Waals surface area contributed by atoms with Gasteiger partial charge in [0.1, 0.15) is 11.7 Å². The summed E-state index contributed by atoms with van der Waals surface area (Å²) in [5, 5.41) is 11.8. The second-order valence-corrected chi connectivity index (χ2v) is 2.88. The van der Waals surface area contributed by atoms with Gasteiger partial charge in [-0.15, -0.1) is 0 Å². The molecule has 0 radical (unpaired) electrons. The van der Waals surface area contributed by atoms with E-state index in [1.54, 1.807) is 6.92 Å². The van der Waals surface area contributed by atoms with Crippen molar-refractivity contribution in [2.24, 2.45) is 5.92 Å². The number of aliphatic hydroxyl groups is 1. The zero-order chi connectivity index (χ0) is 8.59. The maximum absolute atomic E-state index is 10.9. The summed E-state index contributed by atoms with van der Waals surface area (Å²) in [4.78, 5) is 21.7. The van der Waals surface area contributed by atoms with Crippen LogP contribution in [0.15, 0.2) is 0 Å². The van der Waals surface area contributed by atoms with Gasteiger partial charge in [0.2, 0.25) is 5.91 Å². The second kappa shape index (κ2) is 4.37. The van der Waals surface area contributed by atoms with Crippen molar-refractivity contribution in [3.05, 3.63) is 0 Å². The Balaban J connectivity index is 0.00000121. The molecule has 3 atom stereocenters. The molecule has 1 heterocycles. The van der Waals surface area contributed by atoms with E-state index in [-0.39, 0.29) is 47.3 Å². The summed E-state index contributed by atoms with van der Waals surface area (Å²) in [7, 11) is 0. The van der Waals surface area contributed by atoms with Gasteiger partial charge >= 0.3 is 29.6 Å². The Kier molecular flexibility index (Phi) is 4.40. The molecule has 0 aromatic rings. The molecule has 0 aromatic heterocycles. The summed E-state index contributed by atoms with van der Waals surface area (Å²) in [6, 6.07) is -0.309. The van der Waals surface area contributed by atoms with Gasteiger partial charge in [0.25, 0.3) is 0 Å². The molecule has 1 amide bonds. The van der Waals surface area contributed by atoms with Crippen LogP contribution in [0, 0.1) is 5.92 Å². The molecular formula is C7H12NNaO3. The van der Waals surface area contributed by atoms with E-state index in [2.05, 4.69) is 5.32 Å². The molecular weight excluding hydrogens is 169 g/mol. The van der Waals surface area contributed by atoms with Crippen molar-refractivity contribution >= 4 is 41.2 Å². The fourth-order valence-corrected chi connectivity index (χ4v) is 1.27. The summed E-state index contributed by atoms with van der Waals surface area (Å²) in [5.74, 6) is -1.50. The van der Waals surface area contributed by atoms with Crippen molar-refractivity contribution in [2.45, 2.75) is 26.0 Å². The second-order valence-electron chi connectivity index (χ2n) is 2.88. The number of amides is 1. The number of hydrogen-bond acceptors (Lipinski definition) is 3. The summed E-state index contributed by atoms with van der Waals surface area (Å²) in [6.45, 7) is 2.98. The minimum atomic E-state index is -0.861. The third kappa shape index (κ3) is 2.07. The van der Waals surface area contributed by atoms with E-state index in [0.717, 1.165) is 0 Å². The third-order valence-corrected chi connectivity index (χ3v) is 1.94. The van der Waals surface area contributed by atoms with E-state index in [4.69, 9.17) is 0 Å². The van der Waals surface area contributed by atoms with Crippen LogP contribution in [0.1, 0.15) is 13.8 Å². The minimum absolute atomic E-state index is 0. The SMILES string of the molecule is CC(=O)C1C(=O)NC(C)C1O.[NaH]. The van der Waals surface area contributed by atoms with Crippen LogP contribution in [0.2, 0.25) is 0 Å². The van der Waals surface area contributed by atoms with Gasteiger partial charge < -0.3 is 10.4 Å². The fraction of sp³-hybridized carbons (Fsp3) is 0.714. The molecule has 0 aliphatic carbocycles. The van der Waals surface area contributed by atoms with E-state index < -0.39 is 12.0 Å². The predicted molar refractivity (Wildman–Crippen MR) is 44.9 cm³/mol. The molecule has 3 unspecified atom stereocenters. The van der Waals surface area contributed by atoms with E-state index in [1.165, 1.54) is 6.92 Å². The number of aliphatic hydroxyl groups excluding tert-OH is 1. The van der Waals surface area contributed by atoms with Crippen LogP contribution < -0.4 is 5.32 Å². The molecule has 1 saturated heterocycles. The van der Waals surface area contributed by atoms with E-state index in [0.29, 0.717) is 0 Å². The van der Waals surface area contributed by atoms with Gasteiger partial charge in [0, 0.05) is 0 Å². The van der Waals surface area contributed by atoms with Gasteiger partial charge in [-0.3, -0.25) is 9.59 Å². The van der Waals surface area contributed by atoms with Crippen molar-refractivity contribution in [1.29, 1.82) is 0 Å². The Morgan fingerprint density at radius 1 is 1.58 bits per heavy atom. The Morgan fingerprint density at radius 2 is 2.08 bits per heavy atom. The standard InChI is InChI=1S/C7H11NO3.Na.H/c1-3-6(10)5(4(2)9)7(11)8-3;;/h3,5-6,10H,1-2H3,(H,8,11);;. The average molecular weight is 181 g/mol. The van der Waals surface area contributed by atoms with E-state index in [1.807, 2.05) is 0 Å². The normalized spacial score (nSPS) is 33.9. The van der Waals surface area contributed by atoms with Crippen LogP contribution in [0.4, 0.5) is 0 Å². The van der Waals surface area contributed by atoms with Crippen LogP contribution in [-0.2, 0) is 9.59 Å². The van der Waals surface area contributed by atoms with Crippen LogP contribution in [0.25, 0.3) is 0 Å². The number of rotatable bonds is 1. The topological polar surface area (TPSA) is 66.4 Å². The molecule has 0 saturated carbocycles. The zero-order valence-electron chi connectivity index (χ0n) is 6.50. The number of nitrogens with one attached hydrogen (secondary N) is 1. The Bertz CT molecular complexity index is 207. The number of ketones is 1. The number of hydrogen-bond donors (Lipinski definition) is 2. The van der Waals surface area contributed by atoms with Crippen LogP contribution >= 0.6 is 0 Å². The molecule has 12 heavy (non-hydrogen) atoms. The van der Waals surface area contributed by atoms with Crippen molar-refractivity contribution in [2.75, 3.05) is 0 Å². The fourth-order valence-electron chi connectivity index (χ4n) is 1.27. The average Bonchev–Trinajstić information content (AvgIpc) is 2.07. The quantitative estimate of drug-likeness (QED) is 0.379. The summed E-state index contributed by atoms with van der Waals surface area (Å²) < 4.78 is 0. The first kappa shape index (κ1) is 12.1. The van der Waals surface area contributed by atoms with Gasteiger partial charge in [-0.05, 0) is 13.8 Å². The summed E-state index contributed by atoms with van der Waals surface area (Å²) in [5.41, 5.74) is 0. The van der Waals surface area contributed by atoms with E-state index >= 15 is 0 Å². The molecule has 1 fully saturated rings. The van der Waals surface area contributed by atoms with Gasteiger partial charge in [-0.2, -0.15) is 0 Å². The monoisotopic (exact) mass is 181 g/mol. The molecule has 1 aliphatic rings. The van der Waals surface area contributed by atoms with Gasteiger partial charge in [0.05, 0.1) is 12.1 Å². The summed E-state index contributed by atoms with van der Waals surface area (Å²) in [6.07, 6.45) is -0.861. The molecule has 0 aromatic carbocycles. The predicted octanol–water partition coefficient (Wildman–Crippen LogP) is -1.58. The number of carbonyl (C=O) groups is 2. The van der Waals surface area contributed by atoms with Gasteiger partial charge in [-0.25, -0.2) is 0 Å². The third-order valence-electron chi connectivity index (χ3n) is 1.94. The van der Waals surface area contributed by atoms with Crippen molar-refractivity contribution in [3.8, 4) is 0 Å². The number of carbonyl (C=O) groups excluding carboxylic acids is 2. The van der Waals surface area contributed by atoms with Crippen LogP contribution in [0.5, 0.6) is 0 Å². The molecule has 5 heteroatoms. The van der Waals surface area contributed by atoms with Gasteiger partial charge in [-0.1, -0.05) is 0 Å².